The molecule has 0 fully saturated rings. The summed E-state index contributed by atoms with van der Waals surface area (Å²) < 4.78 is 29.4. The quantitative estimate of drug-likeness (QED) is 0.326. The number of hydrogen-bond acceptors (Lipinski definition) is 4. The molecule has 2 aromatic carbocycles. The largest absolute Gasteiger partial charge is 0.409 e. The minimum absolute atomic E-state index is 0.0688. The Kier molecular flexibility index (Phi) is 2.98. The molecule has 3 aromatic rings. The lowest BCUT2D eigenvalue weighted by molar-refractivity contribution is 0.318. The van der Waals surface area contributed by atoms with Gasteiger partial charge in [-0.15, -0.1) is 5.10 Å². The zero-order valence-electron chi connectivity index (χ0n) is 10.5. The van der Waals surface area contributed by atoms with Crippen LogP contribution in [0.2, 0.25) is 0 Å². The van der Waals surface area contributed by atoms with Gasteiger partial charge in [0.15, 0.2) is 17.5 Å². The van der Waals surface area contributed by atoms with Crippen LogP contribution in [0.1, 0.15) is 5.56 Å². The fourth-order valence-electron chi connectivity index (χ4n) is 2.01. The Hall–Kier alpha value is -3.03. The van der Waals surface area contributed by atoms with Crippen molar-refractivity contribution in [3.05, 3.63) is 53.6 Å². The van der Waals surface area contributed by atoms with Gasteiger partial charge in [-0.05, 0) is 24.3 Å². The van der Waals surface area contributed by atoms with Crippen molar-refractivity contribution in [1.82, 2.24) is 15.0 Å². The van der Waals surface area contributed by atoms with E-state index < -0.39 is 11.6 Å². The number of oxime groups is 1. The summed E-state index contributed by atoms with van der Waals surface area (Å²) in [5, 5.41) is 18.9. The van der Waals surface area contributed by atoms with Gasteiger partial charge in [0.05, 0.1) is 5.52 Å². The third kappa shape index (κ3) is 2.06. The molecular formula is C13H9F2N5O. The highest BCUT2D eigenvalue weighted by Crippen LogP contribution is 2.22. The Morgan fingerprint density at radius 1 is 1.19 bits per heavy atom. The molecule has 0 bridgehead atoms. The van der Waals surface area contributed by atoms with E-state index in [1.165, 1.54) is 0 Å². The molecule has 3 rings (SSSR count). The van der Waals surface area contributed by atoms with Gasteiger partial charge in [0.25, 0.3) is 0 Å². The third-order valence-electron chi connectivity index (χ3n) is 2.98. The molecular weight excluding hydrogens is 280 g/mol. The van der Waals surface area contributed by atoms with Crippen molar-refractivity contribution in [3.8, 4) is 5.69 Å². The summed E-state index contributed by atoms with van der Waals surface area (Å²) in [6.45, 7) is 0. The monoisotopic (exact) mass is 289 g/mol. The number of para-hydroxylation sites is 1. The van der Waals surface area contributed by atoms with Gasteiger partial charge >= 0.3 is 0 Å². The first-order valence-electron chi connectivity index (χ1n) is 5.89. The Labute approximate surface area is 117 Å². The lowest BCUT2D eigenvalue weighted by atomic mass is 10.1. The SMILES string of the molecule is N/C(=N/O)c1cc(F)c(-n2nnc3ccccc32)c(F)c1. The zero-order chi connectivity index (χ0) is 15.0. The van der Waals surface area contributed by atoms with Gasteiger partial charge in [0, 0.05) is 5.56 Å². The molecule has 21 heavy (non-hydrogen) atoms. The molecule has 1 heterocycles. The molecule has 0 amide bonds. The fraction of sp³-hybridized carbons (Fsp3) is 0. The van der Waals surface area contributed by atoms with Crippen molar-refractivity contribution in [2.24, 2.45) is 10.9 Å². The predicted molar refractivity (Wildman–Crippen MR) is 71.3 cm³/mol. The van der Waals surface area contributed by atoms with E-state index in [2.05, 4.69) is 15.5 Å². The van der Waals surface area contributed by atoms with E-state index in [4.69, 9.17) is 10.9 Å². The van der Waals surface area contributed by atoms with Crippen LogP contribution < -0.4 is 5.73 Å². The number of halogens is 2. The van der Waals surface area contributed by atoms with Gasteiger partial charge < -0.3 is 10.9 Å². The van der Waals surface area contributed by atoms with E-state index in [9.17, 15) is 8.78 Å². The maximum Gasteiger partial charge on any atom is 0.170 e. The molecule has 106 valence electrons. The molecule has 0 unspecified atom stereocenters. The van der Waals surface area contributed by atoms with Crippen LogP contribution in [0.15, 0.2) is 41.6 Å². The molecule has 0 spiro atoms. The zero-order valence-corrected chi connectivity index (χ0v) is 10.5. The minimum atomic E-state index is -0.896. The number of nitrogens with zero attached hydrogens (tertiary/aromatic N) is 4. The van der Waals surface area contributed by atoms with Crippen LogP contribution in [-0.4, -0.2) is 26.0 Å². The van der Waals surface area contributed by atoms with Gasteiger partial charge in [-0.25, -0.2) is 13.5 Å². The Morgan fingerprint density at radius 2 is 1.86 bits per heavy atom. The highest BCUT2D eigenvalue weighted by atomic mass is 19.1. The van der Waals surface area contributed by atoms with E-state index in [0.717, 1.165) is 16.8 Å². The first kappa shape index (κ1) is 13.0. The molecule has 0 atom stereocenters. The summed E-state index contributed by atoms with van der Waals surface area (Å²) >= 11 is 0. The molecule has 0 saturated heterocycles. The Morgan fingerprint density at radius 3 is 2.52 bits per heavy atom. The summed E-state index contributed by atoms with van der Waals surface area (Å²) in [5.74, 6) is -2.18. The predicted octanol–water partition coefficient (Wildman–Crippen LogP) is 1.79. The van der Waals surface area contributed by atoms with Crippen LogP contribution >= 0.6 is 0 Å². The molecule has 0 aliphatic carbocycles. The van der Waals surface area contributed by atoms with Crippen LogP contribution in [0.5, 0.6) is 0 Å². The van der Waals surface area contributed by atoms with Crippen LogP contribution in [0.25, 0.3) is 16.7 Å². The Balaban J connectivity index is 2.24. The number of benzene rings is 2. The molecule has 0 radical (unpaired) electrons. The van der Waals surface area contributed by atoms with E-state index in [-0.39, 0.29) is 17.1 Å². The van der Waals surface area contributed by atoms with Gasteiger partial charge in [-0.1, -0.05) is 22.5 Å². The average Bonchev–Trinajstić information content (AvgIpc) is 2.90. The second kappa shape index (κ2) is 4.82. The lowest BCUT2D eigenvalue weighted by Crippen LogP contribution is -2.15. The highest BCUT2D eigenvalue weighted by Gasteiger charge is 2.18. The standard InChI is InChI=1S/C13H9F2N5O/c14-8-5-7(13(16)18-21)6-9(15)12(8)20-11-4-2-1-3-10(11)17-19-20/h1-6,21H,(H2,16,18). The summed E-state index contributed by atoms with van der Waals surface area (Å²) in [6.07, 6.45) is 0. The van der Waals surface area contributed by atoms with E-state index in [1.54, 1.807) is 24.3 Å². The summed E-state index contributed by atoms with van der Waals surface area (Å²) in [7, 11) is 0. The maximum atomic E-state index is 14.2. The average molecular weight is 289 g/mol. The number of aromatic nitrogens is 3. The number of amidine groups is 1. The smallest absolute Gasteiger partial charge is 0.170 e. The van der Waals surface area contributed by atoms with Crippen molar-refractivity contribution in [2.75, 3.05) is 0 Å². The van der Waals surface area contributed by atoms with E-state index in [0.29, 0.717) is 11.0 Å². The third-order valence-corrected chi connectivity index (χ3v) is 2.98. The highest BCUT2D eigenvalue weighted by molar-refractivity contribution is 5.97. The van der Waals surface area contributed by atoms with Gasteiger partial charge in [0.2, 0.25) is 0 Å². The molecule has 0 saturated carbocycles. The van der Waals surface area contributed by atoms with Crippen molar-refractivity contribution in [1.29, 1.82) is 0 Å². The van der Waals surface area contributed by atoms with Crippen LogP contribution in [0, 0.1) is 11.6 Å². The topological polar surface area (TPSA) is 89.3 Å². The summed E-state index contributed by atoms with van der Waals surface area (Å²) in [4.78, 5) is 0. The van der Waals surface area contributed by atoms with Crippen molar-refractivity contribution in [3.63, 3.8) is 0 Å². The minimum Gasteiger partial charge on any atom is -0.409 e. The maximum absolute atomic E-state index is 14.2. The first-order chi connectivity index (χ1) is 10.1. The van der Waals surface area contributed by atoms with Crippen LogP contribution in [0.3, 0.4) is 0 Å². The Bertz CT molecular complexity index is 836. The molecule has 0 aliphatic rings. The summed E-state index contributed by atoms with van der Waals surface area (Å²) in [5.41, 5.74) is 5.85. The first-order valence-corrected chi connectivity index (χ1v) is 5.89. The number of nitrogens with two attached hydrogens (primary N) is 1. The van der Waals surface area contributed by atoms with Crippen molar-refractivity contribution < 1.29 is 14.0 Å². The molecule has 1 aromatic heterocycles. The van der Waals surface area contributed by atoms with Gasteiger partial charge in [-0.2, -0.15) is 0 Å². The molecule has 0 aliphatic heterocycles. The second-order valence-electron chi connectivity index (χ2n) is 4.26. The summed E-state index contributed by atoms with van der Waals surface area (Å²) in [6, 6.07) is 8.71. The van der Waals surface area contributed by atoms with E-state index in [1.807, 2.05) is 0 Å². The second-order valence-corrected chi connectivity index (χ2v) is 4.26. The molecule has 6 nitrogen and oxygen atoms in total. The lowest BCUT2D eigenvalue weighted by Gasteiger charge is -2.07. The normalized spacial score (nSPS) is 12.0. The molecule has 8 heteroatoms. The van der Waals surface area contributed by atoms with E-state index >= 15 is 0 Å². The molecule has 3 N–H and O–H groups in total. The van der Waals surface area contributed by atoms with Crippen molar-refractivity contribution in [2.45, 2.75) is 0 Å². The fourth-order valence-corrected chi connectivity index (χ4v) is 2.01. The number of fused-ring (bicyclic) bond motifs is 1. The van der Waals surface area contributed by atoms with Gasteiger partial charge in [-0.3, -0.25) is 0 Å². The van der Waals surface area contributed by atoms with Crippen LogP contribution in [0.4, 0.5) is 8.78 Å². The number of rotatable bonds is 2. The van der Waals surface area contributed by atoms with Crippen molar-refractivity contribution >= 4 is 16.9 Å². The van der Waals surface area contributed by atoms with Crippen LogP contribution in [-0.2, 0) is 0 Å². The number of hydrogen-bond donors (Lipinski definition) is 2. The van der Waals surface area contributed by atoms with Gasteiger partial charge in [0.1, 0.15) is 11.2 Å².